The van der Waals surface area contributed by atoms with Crippen LogP contribution in [0.3, 0.4) is 0 Å². The fourth-order valence-corrected chi connectivity index (χ4v) is 2.45. The summed E-state index contributed by atoms with van der Waals surface area (Å²) >= 11 is 0. The SMILES string of the molecule is Cn1cnc2cc(-c3noc(C4CCC4)n3)ccc21. The first-order valence-electron chi connectivity index (χ1n) is 6.56. The van der Waals surface area contributed by atoms with E-state index in [9.17, 15) is 0 Å². The van der Waals surface area contributed by atoms with Crippen LogP contribution >= 0.6 is 0 Å². The Labute approximate surface area is 110 Å². The number of hydrogen-bond acceptors (Lipinski definition) is 4. The average molecular weight is 254 g/mol. The summed E-state index contributed by atoms with van der Waals surface area (Å²) in [5, 5.41) is 4.08. The van der Waals surface area contributed by atoms with Gasteiger partial charge >= 0.3 is 0 Å². The van der Waals surface area contributed by atoms with Crippen molar-refractivity contribution in [2.24, 2.45) is 7.05 Å². The standard InChI is InChI=1S/C14H14N4O/c1-18-8-15-11-7-10(5-6-12(11)18)13-16-14(19-17-13)9-3-2-4-9/h5-9H,2-4H2,1H3. The smallest absolute Gasteiger partial charge is 0.230 e. The molecule has 0 bridgehead atoms. The zero-order valence-electron chi connectivity index (χ0n) is 10.7. The molecule has 0 spiro atoms. The van der Waals surface area contributed by atoms with E-state index in [-0.39, 0.29) is 0 Å². The van der Waals surface area contributed by atoms with Crippen LogP contribution in [0.5, 0.6) is 0 Å². The summed E-state index contributed by atoms with van der Waals surface area (Å²) in [7, 11) is 1.98. The van der Waals surface area contributed by atoms with Gasteiger partial charge in [0.1, 0.15) is 0 Å². The minimum atomic E-state index is 0.472. The largest absolute Gasteiger partial charge is 0.339 e. The summed E-state index contributed by atoms with van der Waals surface area (Å²) in [5.41, 5.74) is 3.02. The van der Waals surface area contributed by atoms with Gasteiger partial charge in [0.15, 0.2) is 0 Å². The van der Waals surface area contributed by atoms with Crippen LogP contribution < -0.4 is 0 Å². The minimum absolute atomic E-state index is 0.472. The molecule has 5 nitrogen and oxygen atoms in total. The Kier molecular flexibility index (Phi) is 2.21. The third-order valence-corrected chi connectivity index (χ3v) is 3.88. The first kappa shape index (κ1) is 10.7. The third-order valence-electron chi connectivity index (χ3n) is 3.88. The van der Waals surface area contributed by atoms with Gasteiger partial charge in [0.25, 0.3) is 0 Å². The van der Waals surface area contributed by atoms with Crippen LogP contribution in [0.2, 0.25) is 0 Å². The Morgan fingerprint density at radius 3 is 3.00 bits per heavy atom. The van der Waals surface area contributed by atoms with Gasteiger partial charge in [0.2, 0.25) is 11.7 Å². The quantitative estimate of drug-likeness (QED) is 0.705. The van der Waals surface area contributed by atoms with Crippen LogP contribution in [0.4, 0.5) is 0 Å². The number of nitrogens with zero attached hydrogens (tertiary/aromatic N) is 4. The van der Waals surface area contributed by atoms with Gasteiger partial charge < -0.3 is 9.09 Å². The van der Waals surface area contributed by atoms with Crippen molar-refractivity contribution in [1.29, 1.82) is 0 Å². The van der Waals surface area contributed by atoms with E-state index in [1.807, 2.05) is 36.1 Å². The van der Waals surface area contributed by atoms with Crippen molar-refractivity contribution in [3.05, 3.63) is 30.4 Å². The normalized spacial score (nSPS) is 15.8. The van der Waals surface area contributed by atoms with Crippen molar-refractivity contribution < 1.29 is 4.52 Å². The Balaban J connectivity index is 1.74. The van der Waals surface area contributed by atoms with Gasteiger partial charge in [0.05, 0.1) is 17.4 Å². The third kappa shape index (κ3) is 1.65. The van der Waals surface area contributed by atoms with Crippen molar-refractivity contribution in [2.75, 3.05) is 0 Å². The Bertz CT molecular complexity index is 739. The molecule has 96 valence electrons. The molecular formula is C14H14N4O. The first-order valence-corrected chi connectivity index (χ1v) is 6.56. The Morgan fingerprint density at radius 1 is 1.32 bits per heavy atom. The molecule has 0 saturated heterocycles. The highest BCUT2D eigenvalue weighted by Crippen LogP contribution is 2.36. The average Bonchev–Trinajstić information content (AvgIpc) is 2.95. The summed E-state index contributed by atoms with van der Waals surface area (Å²) in [6, 6.07) is 6.06. The number of rotatable bonds is 2. The van der Waals surface area contributed by atoms with E-state index in [0.29, 0.717) is 11.7 Å². The predicted octanol–water partition coefficient (Wildman–Crippen LogP) is 2.89. The van der Waals surface area contributed by atoms with Crippen LogP contribution in [0.25, 0.3) is 22.4 Å². The van der Waals surface area contributed by atoms with Crippen LogP contribution in [0.15, 0.2) is 29.0 Å². The molecule has 2 aromatic heterocycles. The Hall–Kier alpha value is -2.17. The summed E-state index contributed by atoms with van der Waals surface area (Å²) < 4.78 is 7.35. The molecule has 0 unspecified atom stereocenters. The summed E-state index contributed by atoms with van der Waals surface area (Å²) in [5.74, 6) is 1.91. The summed E-state index contributed by atoms with van der Waals surface area (Å²) in [6.07, 6.45) is 5.41. The van der Waals surface area contributed by atoms with Crippen molar-refractivity contribution in [3.63, 3.8) is 0 Å². The minimum Gasteiger partial charge on any atom is -0.339 e. The van der Waals surface area contributed by atoms with Crippen molar-refractivity contribution in [3.8, 4) is 11.4 Å². The van der Waals surface area contributed by atoms with Crippen LogP contribution in [0, 0.1) is 0 Å². The molecule has 0 radical (unpaired) electrons. The van der Waals surface area contributed by atoms with Crippen LogP contribution in [0.1, 0.15) is 31.1 Å². The maximum Gasteiger partial charge on any atom is 0.230 e. The molecule has 4 rings (SSSR count). The molecular weight excluding hydrogens is 240 g/mol. The topological polar surface area (TPSA) is 56.7 Å². The highest BCUT2D eigenvalue weighted by Gasteiger charge is 2.25. The second kappa shape index (κ2) is 3.91. The van der Waals surface area contributed by atoms with Gasteiger partial charge in [-0.3, -0.25) is 0 Å². The molecule has 1 fully saturated rings. The van der Waals surface area contributed by atoms with E-state index in [1.54, 1.807) is 0 Å². The van der Waals surface area contributed by atoms with Crippen molar-refractivity contribution >= 4 is 11.0 Å². The van der Waals surface area contributed by atoms with E-state index in [4.69, 9.17) is 4.52 Å². The van der Waals surface area contributed by atoms with E-state index >= 15 is 0 Å². The lowest BCUT2D eigenvalue weighted by molar-refractivity contribution is 0.292. The molecule has 3 aromatic rings. The number of aryl methyl sites for hydroxylation is 1. The molecule has 1 aliphatic carbocycles. The van der Waals surface area contributed by atoms with Gasteiger partial charge in [-0.15, -0.1) is 0 Å². The maximum atomic E-state index is 5.35. The van der Waals surface area contributed by atoms with Crippen molar-refractivity contribution in [1.82, 2.24) is 19.7 Å². The lowest BCUT2D eigenvalue weighted by Crippen LogP contribution is -2.08. The van der Waals surface area contributed by atoms with E-state index < -0.39 is 0 Å². The van der Waals surface area contributed by atoms with Gasteiger partial charge in [0, 0.05) is 18.5 Å². The molecule has 0 aliphatic heterocycles. The van der Waals surface area contributed by atoms with Gasteiger partial charge in [-0.05, 0) is 31.0 Å². The molecule has 19 heavy (non-hydrogen) atoms. The maximum absolute atomic E-state index is 5.35. The molecule has 1 aliphatic rings. The van der Waals surface area contributed by atoms with E-state index in [1.165, 1.54) is 19.3 Å². The second-order valence-electron chi connectivity index (χ2n) is 5.14. The number of fused-ring (bicyclic) bond motifs is 1. The summed E-state index contributed by atoms with van der Waals surface area (Å²) in [4.78, 5) is 8.85. The fraction of sp³-hybridized carbons (Fsp3) is 0.357. The lowest BCUT2D eigenvalue weighted by atomic mass is 9.85. The zero-order chi connectivity index (χ0) is 12.8. The second-order valence-corrected chi connectivity index (χ2v) is 5.14. The molecule has 5 heteroatoms. The first-order chi connectivity index (χ1) is 9.31. The summed E-state index contributed by atoms with van der Waals surface area (Å²) in [6.45, 7) is 0. The molecule has 2 heterocycles. The van der Waals surface area contributed by atoms with Crippen LogP contribution in [-0.2, 0) is 7.05 Å². The molecule has 0 amide bonds. The van der Waals surface area contributed by atoms with Gasteiger partial charge in [-0.2, -0.15) is 4.98 Å². The predicted molar refractivity (Wildman–Crippen MR) is 70.6 cm³/mol. The monoisotopic (exact) mass is 254 g/mol. The molecule has 0 atom stereocenters. The van der Waals surface area contributed by atoms with Gasteiger partial charge in [-0.1, -0.05) is 11.6 Å². The zero-order valence-corrected chi connectivity index (χ0v) is 10.7. The fourth-order valence-electron chi connectivity index (χ4n) is 2.45. The lowest BCUT2D eigenvalue weighted by Gasteiger charge is -2.20. The van der Waals surface area contributed by atoms with Crippen molar-refractivity contribution in [2.45, 2.75) is 25.2 Å². The highest BCUT2D eigenvalue weighted by molar-refractivity contribution is 5.80. The highest BCUT2D eigenvalue weighted by atomic mass is 16.5. The number of benzene rings is 1. The van der Waals surface area contributed by atoms with Crippen LogP contribution in [-0.4, -0.2) is 19.7 Å². The van der Waals surface area contributed by atoms with Gasteiger partial charge in [-0.25, -0.2) is 4.98 Å². The molecule has 1 saturated carbocycles. The molecule has 0 N–H and O–H groups in total. The Morgan fingerprint density at radius 2 is 2.21 bits per heavy atom. The van der Waals surface area contributed by atoms with E-state index in [0.717, 1.165) is 22.5 Å². The molecule has 1 aromatic carbocycles. The number of hydrogen-bond donors (Lipinski definition) is 0. The number of aromatic nitrogens is 4. The van der Waals surface area contributed by atoms with E-state index in [2.05, 4.69) is 15.1 Å². The number of imidazole rings is 1.